The van der Waals surface area contributed by atoms with Crippen LogP contribution in [0.2, 0.25) is 0 Å². The Kier molecular flexibility index (Phi) is 2.96. The highest BCUT2D eigenvalue weighted by atomic mass is 16.1. The largest absolute Gasteiger partial charge is 0.368 e. The number of aromatic amines is 1. The number of pyridine rings is 2. The van der Waals surface area contributed by atoms with E-state index in [1.54, 1.807) is 12.4 Å². The molecule has 0 aromatic carbocycles. The maximum Gasteiger partial charge on any atom is 0.240 e. The van der Waals surface area contributed by atoms with Crippen molar-refractivity contribution in [3.05, 3.63) is 30.7 Å². The Bertz CT molecular complexity index is 856. The van der Waals surface area contributed by atoms with E-state index in [1.165, 1.54) is 0 Å². The van der Waals surface area contributed by atoms with E-state index < -0.39 is 0 Å². The summed E-state index contributed by atoms with van der Waals surface area (Å²) >= 11 is 0. The van der Waals surface area contributed by atoms with Gasteiger partial charge in [-0.1, -0.05) is 0 Å². The van der Waals surface area contributed by atoms with E-state index in [1.807, 2.05) is 18.3 Å². The number of carbonyl (C=O) groups is 1. The van der Waals surface area contributed by atoms with Crippen molar-refractivity contribution in [2.24, 2.45) is 5.73 Å². The first-order valence-electron chi connectivity index (χ1n) is 7.52. The fraction of sp³-hybridized carbons (Fsp3) is 0.312. The molecule has 0 bridgehead atoms. The van der Waals surface area contributed by atoms with E-state index in [2.05, 4.69) is 19.9 Å². The van der Waals surface area contributed by atoms with Crippen LogP contribution in [0.5, 0.6) is 0 Å². The van der Waals surface area contributed by atoms with Crippen molar-refractivity contribution in [2.45, 2.75) is 25.3 Å². The molecule has 0 aliphatic carbocycles. The normalized spacial score (nSPS) is 18.9. The van der Waals surface area contributed by atoms with Crippen LogP contribution in [0.25, 0.3) is 21.9 Å². The first kappa shape index (κ1) is 13.1. The Balaban J connectivity index is 1.97. The topological polar surface area (TPSA) is 87.9 Å². The third-order valence-corrected chi connectivity index (χ3v) is 4.41. The zero-order valence-corrected chi connectivity index (χ0v) is 12.1. The van der Waals surface area contributed by atoms with Crippen molar-refractivity contribution in [3.8, 4) is 0 Å². The molecule has 6 nitrogen and oxygen atoms in total. The third-order valence-electron chi connectivity index (χ3n) is 4.41. The zero-order chi connectivity index (χ0) is 15.1. The Hall–Kier alpha value is -2.63. The molecule has 1 fully saturated rings. The molecular formula is C16H17N5O. The van der Waals surface area contributed by atoms with Crippen LogP contribution >= 0.6 is 0 Å². The number of hydrogen-bond acceptors (Lipinski definition) is 4. The average Bonchev–Trinajstić information content (AvgIpc) is 3.03. The summed E-state index contributed by atoms with van der Waals surface area (Å²) in [5, 5.41) is 2.05. The molecule has 1 amide bonds. The van der Waals surface area contributed by atoms with Gasteiger partial charge in [0.15, 0.2) is 5.65 Å². The second-order valence-electron chi connectivity index (χ2n) is 5.70. The Morgan fingerprint density at radius 3 is 3.09 bits per heavy atom. The number of hydrogen-bond donors (Lipinski definition) is 2. The summed E-state index contributed by atoms with van der Waals surface area (Å²) in [6.45, 7) is 0.838. The summed E-state index contributed by atoms with van der Waals surface area (Å²) in [7, 11) is 0. The molecule has 4 heterocycles. The Morgan fingerprint density at radius 1 is 1.32 bits per heavy atom. The van der Waals surface area contributed by atoms with Gasteiger partial charge in [-0.05, 0) is 31.4 Å². The van der Waals surface area contributed by atoms with Gasteiger partial charge in [-0.25, -0.2) is 9.97 Å². The van der Waals surface area contributed by atoms with Gasteiger partial charge in [0.2, 0.25) is 5.91 Å². The number of nitrogens with one attached hydrogen (secondary N) is 1. The summed E-state index contributed by atoms with van der Waals surface area (Å²) in [6, 6.07) is 3.73. The molecule has 1 aliphatic rings. The first-order chi connectivity index (χ1) is 10.8. The Labute approximate surface area is 127 Å². The molecule has 4 rings (SSSR count). The number of carbonyl (C=O) groups excluding carboxylic acids is 1. The molecule has 3 aromatic rings. The monoisotopic (exact) mass is 295 g/mol. The molecule has 1 aliphatic heterocycles. The van der Waals surface area contributed by atoms with E-state index in [4.69, 9.17) is 5.73 Å². The molecule has 1 saturated heterocycles. The summed E-state index contributed by atoms with van der Waals surface area (Å²) in [5.41, 5.74) is 8.30. The maximum absolute atomic E-state index is 11.8. The van der Waals surface area contributed by atoms with E-state index in [0.717, 1.165) is 53.4 Å². The highest BCUT2D eigenvalue weighted by molar-refractivity contribution is 6.10. The van der Waals surface area contributed by atoms with E-state index in [9.17, 15) is 4.79 Å². The SMILES string of the molecule is NC(=O)C1CCCCN1c1cc[nH]c2cnc3nccc3c12. The van der Waals surface area contributed by atoms with Gasteiger partial charge in [-0.3, -0.25) is 4.79 Å². The van der Waals surface area contributed by atoms with Crippen LogP contribution in [0, 0.1) is 0 Å². The van der Waals surface area contributed by atoms with Gasteiger partial charge in [0.25, 0.3) is 0 Å². The molecule has 1 unspecified atom stereocenters. The fourth-order valence-corrected chi connectivity index (χ4v) is 3.39. The standard InChI is InChI=1S/C16H17N5O/c17-15(22)13-3-1-2-8-21(13)12-5-7-18-11-9-20-16-10(14(11)12)4-6-19-16/h4-7,9,13,18H,1-3,8H2,(H2,17,22). The van der Waals surface area contributed by atoms with Crippen LogP contribution in [0.3, 0.4) is 0 Å². The lowest BCUT2D eigenvalue weighted by atomic mass is 9.99. The lowest BCUT2D eigenvalue weighted by Gasteiger charge is -2.36. The van der Waals surface area contributed by atoms with Crippen LogP contribution < -0.4 is 10.6 Å². The minimum Gasteiger partial charge on any atom is -0.368 e. The van der Waals surface area contributed by atoms with Gasteiger partial charge in [0, 0.05) is 35.4 Å². The number of H-pyrrole nitrogens is 1. The minimum atomic E-state index is -0.258. The van der Waals surface area contributed by atoms with E-state index >= 15 is 0 Å². The van der Waals surface area contributed by atoms with E-state index in [-0.39, 0.29) is 11.9 Å². The highest BCUT2D eigenvalue weighted by Crippen LogP contribution is 2.34. The van der Waals surface area contributed by atoms with Crippen LogP contribution in [-0.4, -0.2) is 33.4 Å². The second kappa shape index (κ2) is 4.98. The number of anilines is 1. The molecule has 22 heavy (non-hydrogen) atoms. The van der Waals surface area contributed by atoms with Gasteiger partial charge in [0.05, 0.1) is 11.7 Å². The van der Waals surface area contributed by atoms with Crippen LogP contribution in [0.15, 0.2) is 30.7 Å². The summed E-state index contributed by atoms with van der Waals surface area (Å²) in [6.07, 6.45) is 8.34. The number of nitrogens with two attached hydrogens (primary N) is 1. The maximum atomic E-state index is 11.8. The number of primary amides is 1. The van der Waals surface area contributed by atoms with Crippen molar-refractivity contribution >= 4 is 33.5 Å². The molecule has 3 aromatic heterocycles. The van der Waals surface area contributed by atoms with Gasteiger partial charge in [0.1, 0.15) is 6.04 Å². The number of fused-ring (bicyclic) bond motifs is 3. The molecule has 0 spiro atoms. The van der Waals surface area contributed by atoms with Crippen LogP contribution in [0.4, 0.5) is 5.69 Å². The molecule has 6 heteroatoms. The third kappa shape index (κ3) is 1.91. The molecule has 1 atom stereocenters. The van der Waals surface area contributed by atoms with Gasteiger partial charge in [-0.2, -0.15) is 0 Å². The van der Waals surface area contributed by atoms with Gasteiger partial charge in [-0.15, -0.1) is 0 Å². The second-order valence-corrected chi connectivity index (χ2v) is 5.70. The number of rotatable bonds is 2. The molecule has 3 N–H and O–H groups in total. The molecule has 0 saturated carbocycles. The van der Waals surface area contributed by atoms with Gasteiger partial charge >= 0.3 is 0 Å². The van der Waals surface area contributed by atoms with E-state index in [0.29, 0.717) is 0 Å². The lowest BCUT2D eigenvalue weighted by molar-refractivity contribution is -0.119. The average molecular weight is 295 g/mol. The smallest absolute Gasteiger partial charge is 0.240 e. The summed E-state index contributed by atoms with van der Waals surface area (Å²) in [4.78, 5) is 25.8. The van der Waals surface area contributed by atoms with Crippen molar-refractivity contribution in [1.29, 1.82) is 0 Å². The predicted octanol–water partition coefficient (Wildman–Crippen LogP) is 1.96. The van der Waals surface area contributed by atoms with Crippen molar-refractivity contribution in [3.63, 3.8) is 0 Å². The number of amides is 1. The summed E-state index contributed by atoms with van der Waals surface area (Å²) in [5.74, 6) is -0.258. The molecular weight excluding hydrogens is 278 g/mol. The summed E-state index contributed by atoms with van der Waals surface area (Å²) < 4.78 is 0. The Morgan fingerprint density at radius 2 is 2.23 bits per heavy atom. The minimum absolute atomic E-state index is 0.245. The zero-order valence-electron chi connectivity index (χ0n) is 12.1. The van der Waals surface area contributed by atoms with Crippen molar-refractivity contribution < 1.29 is 4.79 Å². The fourth-order valence-electron chi connectivity index (χ4n) is 3.39. The van der Waals surface area contributed by atoms with Gasteiger partial charge < -0.3 is 15.6 Å². The number of nitrogens with zero attached hydrogens (tertiary/aromatic N) is 3. The van der Waals surface area contributed by atoms with Crippen molar-refractivity contribution in [1.82, 2.24) is 15.0 Å². The lowest BCUT2D eigenvalue weighted by Crippen LogP contribution is -2.48. The number of piperidine rings is 1. The number of aromatic nitrogens is 3. The van der Waals surface area contributed by atoms with Crippen molar-refractivity contribution in [2.75, 3.05) is 11.4 Å². The molecule has 112 valence electrons. The predicted molar refractivity (Wildman–Crippen MR) is 85.6 cm³/mol. The van der Waals surface area contributed by atoms with Crippen LogP contribution in [0.1, 0.15) is 19.3 Å². The van der Waals surface area contributed by atoms with Crippen LogP contribution in [-0.2, 0) is 4.79 Å². The quantitative estimate of drug-likeness (QED) is 0.756. The molecule has 0 radical (unpaired) electrons. The first-order valence-corrected chi connectivity index (χ1v) is 7.52. The highest BCUT2D eigenvalue weighted by Gasteiger charge is 2.28.